The van der Waals surface area contributed by atoms with Gasteiger partial charge in [0.2, 0.25) is 0 Å². The molecule has 0 saturated heterocycles. The van der Waals surface area contributed by atoms with Gasteiger partial charge in [0.25, 0.3) is 5.91 Å². The lowest BCUT2D eigenvalue weighted by Gasteiger charge is -2.14. The number of fused-ring (bicyclic) bond motifs is 1. The third kappa shape index (κ3) is 2.56. The molecule has 1 aliphatic heterocycles. The van der Waals surface area contributed by atoms with Crippen molar-refractivity contribution in [2.24, 2.45) is 7.05 Å². The summed E-state index contributed by atoms with van der Waals surface area (Å²) >= 11 is 0. The Bertz CT molecular complexity index is 887. The smallest absolute Gasteiger partial charge is 0.256 e. The Morgan fingerprint density at radius 3 is 2.71 bits per heavy atom. The topological polar surface area (TPSA) is 63.9 Å². The molecule has 1 aliphatic rings. The van der Waals surface area contributed by atoms with E-state index in [1.165, 1.54) is 0 Å². The molecule has 3 aromatic rings. The molecule has 0 atom stereocenters. The largest absolute Gasteiger partial charge is 0.340 e. The molecule has 6 heteroatoms. The number of aryl methyl sites for hydroxylation is 1. The summed E-state index contributed by atoms with van der Waals surface area (Å²) in [5.74, 6) is 0.0424. The number of hydrogen-bond acceptors (Lipinski definition) is 4. The van der Waals surface area contributed by atoms with Gasteiger partial charge in [-0.25, -0.2) is 4.98 Å². The molecule has 0 aromatic carbocycles. The summed E-state index contributed by atoms with van der Waals surface area (Å²) in [5.41, 5.74) is 4.46. The fourth-order valence-corrected chi connectivity index (χ4v) is 3.07. The molecule has 6 nitrogen and oxygen atoms in total. The molecule has 0 aliphatic carbocycles. The first-order valence-electron chi connectivity index (χ1n) is 7.87. The van der Waals surface area contributed by atoms with Crippen LogP contribution in [0.15, 0.2) is 49.3 Å². The Morgan fingerprint density at radius 2 is 1.96 bits per heavy atom. The van der Waals surface area contributed by atoms with Gasteiger partial charge in [-0.05, 0) is 29.3 Å². The van der Waals surface area contributed by atoms with Crippen molar-refractivity contribution in [3.8, 4) is 11.1 Å². The average molecular weight is 319 g/mol. The van der Waals surface area contributed by atoms with Crippen molar-refractivity contribution >= 4 is 5.91 Å². The fraction of sp³-hybridized carbons (Fsp3) is 0.222. The first kappa shape index (κ1) is 14.6. The van der Waals surface area contributed by atoms with Gasteiger partial charge >= 0.3 is 0 Å². The Kier molecular flexibility index (Phi) is 3.57. The molecule has 120 valence electrons. The number of imidazole rings is 1. The van der Waals surface area contributed by atoms with Crippen molar-refractivity contribution in [1.82, 2.24) is 24.4 Å². The molecule has 24 heavy (non-hydrogen) atoms. The predicted molar refractivity (Wildman–Crippen MR) is 89.1 cm³/mol. The Balaban J connectivity index is 1.59. The van der Waals surface area contributed by atoms with Crippen molar-refractivity contribution in [2.75, 3.05) is 6.54 Å². The lowest BCUT2D eigenvalue weighted by Crippen LogP contribution is -2.26. The van der Waals surface area contributed by atoms with Crippen LogP contribution >= 0.6 is 0 Å². The van der Waals surface area contributed by atoms with Crippen molar-refractivity contribution in [3.63, 3.8) is 0 Å². The van der Waals surface area contributed by atoms with Crippen LogP contribution in [0.25, 0.3) is 11.1 Å². The second-order valence-electron chi connectivity index (χ2n) is 5.92. The molecule has 4 rings (SSSR count). The van der Waals surface area contributed by atoms with Crippen LogP contribution in [0.1, 0.15) is 21.7 Å². The average Bonchev–Trinajstić information content (AvgIpc) is 3.17. The Morgan fingerprint density at radius 1 is 1.12 bits per heavy atom. The SMILES string of the molecule is Cn1cnc(CCN2Cc3nccc(-c4ccncc4)c3C2=O)c1. The number of amides is 1. The van der Waals surface area contributed by atoms with Crippen LogP contribution in [-0.2, 0) is 20.0 Å². The molecule has 1 amide bonds. The zero-order valence-corrected chi connectivity index (χ0v) is 13.4. The quantitative estimate of drug-likeness (QED) is 0.738. The van der Waals surface area contributed by atoms with E-state index in [0.717, 1.165) is 28.9 Å². The highest BCUT2D eigenvalue weighted by Crippen LogP contribution is 2.31. The molecule has 0 bridgehead atoms. The van der Waals surface area contributed by atoms with E-state index in [1.54, 1.807) is 24.9 Å². The Labute approximate surface area is 139 Å². The minimum absolute atomic E-state index is 0.0424. The van der Waals surface area contributed by atoms with Gasteiger partial charge in [0, 0.05) is 44.8 Å². The number of hydrogen-bond donors (Lipinski definition) is 0. The number of aromatic nitrogens is 4. The fourth-order valence-electron chi connectivity index (χ4n) is 3.07. The van der Waals surface area contributed by atoms with Crippen LogP contribution < -0.4 is 0 Å². The number of nitrogens with zero attached hydrogens (tertiary/aromatic N) is 5. The maximum Gasteiger partial charge on any atom is 0.256 e. The summed E-state index contributed by atoms with van der Waals surface area (Å²) in [4.78, 5) is 27.5. The van der Waals surface area contributed by atoms with E-state index in [9.17, 15) is 4.79 Å². The first-order chi connectivity index (χ1) is 11.7. The second kappa shape index (κ2) is 5.88. The highest BCUT2D eigenvalue weighted by Gasteiger charge is 2.31. The van der Waals surface area contributed by atoms with Crippen LogP contribution in [0.2, 0.25) is 0 Å². The molecule has 0 radical (unpaired) electrons. The molecule has 3 aromatic heterocycles. The van der Waals surface area contributed by atoms with E-state index < -0.39 is 0 Å². The third-order valence-corrected chi connectivity index (χ3v) is 4.26. The highest BCUT2D eigenvalue weighted by atomic mass is 16.2. The van der Waals surface area contributed by atoms with Gasteiger partial charge in [-0.1, -0.05) is 0 Å². The van der Waals surface area contributed by atoms with Gasteiger partial charge in [0.1, 0.15) is 0 Å². The number of carbonyl (C=O) groups excluding carboxylic acids is 1. The minimum Gasteiger partial charge on any atom is -0.340 e. The van der Waals surface area contributed by atoms with Gasteiger partial charge in [-0.15, -0.1) is 0 Å². The maximum absolute atomic E-state index is 12.9. The molecule has 0 unspecified atom stereocenters. The number of rotatable bonds is 4. The molecule has 0 fully saturated rings. The summed E-state index contributed by atoms with van der Waals surface area (Å²) in [6.45, 7) is 1.20. The van der Waals surface area contributed by atoms with Crippen LogP contribution in [0.3, 0.4) is 0 Å². The van der Waals surface area contributed by atoms with Crippen molar-refractivity contribution in [3.05, 3.63) is 66.3 Å². The lowest BCUT2D eigenvalue weighted by molar-refractivity contribution is 0.0780. The first-order valence-corrected chi connectivity index (χ1v) is 7.87. The molecular weight excluding hydrogens is 302 g/mol. The molecule has 0 spiro atoms. The zero-order chi connectivity index (χ0) is 16.5. The van der Waals surface area contributed by atoms with Gasteiger partial charge in [-0.2, -0.15) is 0 Å². The zero-order valence-electron chi connectivity index (χ0n) is 13.4. The standard InChI is InChI=1S/C18H17N5O/c1-22-10-14(21-12-22)5-9-23-11-16-17(18(23)24)15(4-8-20-16)13-2-6-19-7-3-13/h2-4,6-8,10,12H,5,9,11H2,1H3. The normalized spacial score (nSPS) is 13.4. The van der Waals surface area contributed by atoms with Gasteiger partial charge in [0.15, 0.2) is 0 Å². The Hall–Kier alpha value is -3.02. The molecule has 0 N–H and O–H groups in total. The second-order valence-corrected chi connectivity index (χ2v) is 5.92. The number of carbonyl (C=O) groups is 1. The van der Waals surface area contributed by atoms with E-state index in [-0.39, 0.29) is 5.91 Å². The minimum atomic E-state index is 0.0424. The van der Waals surface area contributed by atoms with E-state index >= 15 is 0 Å². The maximum atomic E-state index is 12.9. The predicted octanol–water partition coefficient (Wildman–Crippen LogP) is 2.08. The summed E-state index contributed by atoms with van der Waals surface area (Å²) < 4.78 is 1.92. The van der Waals surface area contributed by atoms with Gasteiger partial charge in [-0.3, -0.25) is 14.8 Å². The van der Waals surface area contributed by atoms with Gasteiger partial charge in [0.05, 0.1) is 29.8 Å². The lowest BCUT2D eigenvalue weighted by atomic mass is 10.0. The van der Waals surface area contributed by atoms with E-state index in [2.05, 4.69) is 15.0 Å². The van der Waals surface area contributed by atoms with Crippen LogP contribution in [-0.4, -0.2) is 36.9 Å². The van der Waals surface area contributed by atoms with E-state index in [0.29, 0.717) is 18.7 Å². The van der Waals surface area contributed by atoms with Gasteiger partial charge < -0.3 is 9.47 Å². The summed E-state index contributed by atoms with van der Waals surface area (Å²) in [6.07, 6.45) is 9.74. The molecular formula is C18H17N5O. The van der Waals surface area contributed by atoms with E-state index in [4.69, 9.17) is 0 Å². The van der Waals surface area contributed by atoms with Crippen molar-refractivity contribution in [2.45, 2.75) is 13.0 Å². The van der Waals surface area contributed by atoms with E-state index in [1.807, 2.05) is 40.9 Å². The third-order valence-electron chi connectivity index (χ3n) is 4.26. The monoisotopic (exact) mass is 319 g/mol. The van der Waals surface area contributed by atoms with Crippen LogP contribution in [0.5, 0.6) is 0 Å². The summed E-state index contributed by atoms with van der Waals surface area (Å²) in [7, 11) is 1.94. The molecule has 4 heterocycles. The van der Waals surface area contributed by atoms with Crippen molar-refractivity contribution in [1.29, 1.82) is 0 Å². The van der Waals surface area contributed by atoms with Crippen LogP contribution in [0.4, 0.5) is 0 Å². The summed E-state index contributed by atoms with van der Waals surface area (Å²) in [5, 5.41) is 0. The number of pyridine rings is 2. The van der Waals surface area contributed by atoms with Crippen molar-refractivity contribution < 1.29 is 4.79 Å². The highest BCUT2D eigenvalue weighted by molar-refractivity contribution is 6.03. The summed E-state index contributed by atoms with van der Waals surface area (Å²) in [6, 6.07) is 5.73. The molecule has 0 saturated carbocycles. The van der Waals surface area contributed by atoms with Crippen LogP contribution in [0, 0.1) is 0 Å².